The lowest BCUT2D eigenvalue weighted by atomic mass is 9.70. The van der Waals surface area contributed by atoms with E-state index in [1.54, 1.807) is 11.1 Å². The van der Waals surface area contributed by atoms with Crippen LogP contribution in [0.1, 0.15) is 177 Å². The molecule has 0 spiro atoms. The highest BCUT2D eigenvalue weighted by Crippen LogP contribution is 2.55. The Kier molecular flexibility index (Phi) is 20.2. The molecule has 12 rings (SSSR count). The summed E-state index contributed by atoms with van der Waals surface area (Å²) in [5, 5.41) is 2.50. The van der Waals surface area contributed by atoms with Gasteiger partial charge in [0.25, 0.3) is 0 Å². The van der Waals surface area contributed by atoms with Gasteiger partial charge < -0.3 is 9.47 Å². The molecule has 1 aliphatic rings. The molecule has 0 amide bonds. The molecule has 1 aromatic heterocycles. The van der Waals surface area contributed by atoms with Gasteiger partial charge in [0.05, 0.1) is 11.0 Å². The molecule has 452 valence electrons. The molecule has 1 heterocycles. The zero-order valence-corrected chi connectivity index (χ0v) is 53.9. The molecule has 2 heteroatoms. The number of fused-ring (bicyclic) bond motifs is 6. The molecule has 0 atom stereocenters. The molecule has 0 radical (unpaired) electrons. The van der Waals surface area contributed by atoms with Crippen molar-refractivity contribution in [3.8, 4) is 61.3 Å². The predicted molar refractivity (Wildman–Crippen MR) is 386 cm³/mol. The highest BCUT2D eigenvalue weighted by Gasteiger charge is 2.42. The van der Waals surface area contributed by atoms with Crippen LogP contribution in [0.2, 0.25) is 0 Å². The van der Waals surface area contributed by atoms with Crippen LogP contribution in [0.3, 0.4) is 0 Å². The van der Waals surface area contributed by atoms with E-state index >= 15 is 0 Å². The van der Waals surface area contributed by atoms with Crippen molar-refractivity contribution >= 4 is 38.9 Å². The molecule has 0 N–H and O–H groups in total. The second-order valence-corrected chi connectivity index (χ2v) is 26.1. The first kappa shape index (κ1) is 61.1. The topological polar surface area (TPSA) is 8.17 Å². The van der Waals surface area contributed by atoms with E-state index in [1.165, 1.54) is 230 Å². The Morgan fingerprint density at radius 2 is 0.697 bits per heavy atom. The van der Waals surface area contributed by atoms with E-state index in [2.05, 4.69) is 268 Å². The molecule has 89 heavy (non-hydrogen) atoms. The maximum atomic E-state index is 2.63. The van der Waals surface area contributed by atoms with E-state index in [4.69, 9.17) is 0 Å². The van der Waals surface area contributed by atoms with Crippen molar-refractivity contribution in [3.05, 3.63) is 253 Å². The van der Waals surface area contributed by atoms with Crippen LogP contribution in [0.4, 0.5) is 17.1 Å². The summed E-state index contributed by atoms with van der Waals surface area (Å²) < 4.78 is 2.45. The Morgan fingerprint density at radius 1 is 0.292 bits per heavy atom. The second kappa shape index (κ2) is 29.4. The summed E-state index contributed by atoms with van der Waals surface area (Å²) in [6, 6.07) is 87.0. The minimum atomic E-state index is 0.0359. The lowest BCUT2D eigenvalue weighted by molar-refractivity contribution is 0.397. The first-order valence-corrected chi connectivity index (χ1v) is 34.5. The Balaban J connectivity index is 0.821. The van der Waals surface area contributed by atoms with Gasteiger partial charge in [0.1, 0.15) is 0 Å². The van der Waals surface area contributed by atoms with Gasteiger partial charge in [-0.1, -0.05) is 311 Å². The zero-order valence-electron chi connectivity index (χ0n) is 53.9. The van der Waals surface area contributed by atoms with Crippen LogP contribution in [0.25, 0.3) is 83.1 Å². The Labute approximate surface area is 533 Å². The minimum absolute atomic E-state index is 0.0359. The van der Waals surface area contributed by atoms with Crippen LogP contribution in [-0.4, -0.2) is 4.57 Å². The largest absolute Gasteiger partial charge is 0.311 e. The third kappa shape index (κ3) is 14.0. The quantitative estimate of drug-likeness (QED) is 0.0408. The molecule has 2 nitrogen and oxygen atoms in total. The van der Waals surface area contributed by atoms with E-state index < -0.39 is 0 Å². The second-order valence-electron chi connectivity index (χ2n) is 26.1. The Bertz CT molecular complexity index is 4040. The van der Waals surface area contributed by atoms with Gasteiger partial charge in [-0.2, -0.15) is 0 Å². The van der Waals surface area contributed by atoms with Gasteiger partial charge in [0.15, 0.2) is 0 Å². The molecule has 0 saturated carbocycles. The SMILES string of the molecule is CCCCCCCCCCCCC1(CCCCCCCCCCCC)c2cc(C)ccc2-c2ccc(-c3ccc(N(c4ccc(C)cc4)c4ccc(-c5ccc6c7ccccc7n(-c7cccc(-c8cccc(-c9ccccc9)c8)c7)c6c5)cc4)cc3)cc21. The van der Waals surface area contributed by atoms with Crippen LogP contribution in [0.15, 0.2) is 231 Å². The highest BCUT2D eigenvalue weighted by atomic mass is 15.1. The van der Waals surface area contributed by atoms with Gasteiger partial charge in [0, 0.05) is 38.9 Å². The van der Waals surface area contributed by atoms with E-state index in [9.17, 15) is 0 Å². The van der Waals surface area contributed by atoms with Gasteiger partial charge in [-0.05, 0) is 166 Å². The normalized spacial score (nSPS) is 12.4. The average Bonchev–Trinajstić information content (AvgIpc) is 1.60. The number of anilines is 3. The predicted octanol–water partition coefficient (Wildman–Crippen LogP) is 26.4. The lowest BCUT2D eigenvalue weighted by Gasteiger charge is -2.33. The number of nitrogens with zero attached hydrogens (tertiary/aromatic N) is 2. The lowest BCUT2D eigenvalue weighted by Crippen LogP contribution is -2.25. The molecule has 0 unspecified atom stereocenters. The fraction of sp³-hybridized carbons (Fsp3) is 0.310. The fourth-order valence-electron chi connectivity index (χ4n) is 14.8. The number of aryl methyl sites for hydroxylation is 2. The summed E-state index contributed by atoms with van der Waals surface area (Å²) in [6.45, 7) is 9.13. The molecule has 0 aliphatic heterocycles. The third-order valence-electron chi connectivity index (χ3n) is 19.7. The van der Waals surface area contributed by atoms with Crippen molar-refractivity contribution in [2.75, 3.05) is 4.90 Å². The fourth-order valence-corrected chi connectivity index (χ4v) is 14.8. The average molecular weight is 1170 g/mol. The smallest absolute Gasteiger partial charge is 0.0547 e. The van der Waals surface area contributed by atoms with Gasteiger partial charge in [-0.25, -0.2) is 0 Å². The van der Waals surface area contributed by atoms with Crippen LogP contribution < -0.4 is 4.90 Å². The molecule has 11 aromatic rings. The number of benzene rings is 10. The van der Waals surface area contributed by atoms with E-state index in [1.807, 2.05) is 0 Å². The molecule has 10 aromatic carbocycles. The summed E-state index contributed by atoms with van der Waals surface area (Å²) >= 11 is 0. The number of aromatic nitrogens is 1. The molecular formula is C87H94N2. The number of para-hydroxylation sites is 1. The van der Waals surface area contributed by atoms with Gasteiger partial charge in [0.2, 0.25) is 0 Å². The number of hydrogen-bond acceptors (Lipinski definition) is 1. The first-order chi connectivity index (χ1) is 43.9. The highest BCUT2D eigenvalue weighted by molar-refractivity contribution is 6.10. The number of hydrogen-bond donors (Lipinski definition) is 0. The Morgan fingerprint density at radius 3 is 1.29 bits per heavy atom. The monoisotopic (exact) mass is 1170 g/mol. The molecular weight excluding hydrogens is 1070 g/mol. The summed E-state index contributed by atoms with van der Waals surface area (Å²) in [5.41, 5.74) is 25.5. The summed E-state index contributed by atoms with van der Waals surface area (Å²) in [6.07, 6.45) is 29.8. The van der Waals surface area contributed by atoms with Crippen molar-refractivity contribution in [2.45, 2.75) is 174 Å². The standard InChI is InChI=1S/C87H94N2/c1-5-7-9-11-13-15-17-19-21-28-58-87(59-29-22-20-18-16-14-12-10-8-6-2)83-60-66(4)42-55-79(83)80-56-47-73(63-84(80)87)68-43-51-76(52-44-68)88(75-49-40-65(3)41-50-75)77-53-45-69(46-54-77)74-48-57-82-81-38-26-27-39-85(81)89(86(82)64-74)78-37-31-36-72(62-78)71-35-30-34-70(61-71)67-32-24-23-25-33-67/h23-27,30-57,60-64H,5-22,28-29,58-59H2,1-4H3. The van der Waals surface area contributed by atoms with Crippen molar-refractivity contribution < 1.29 is 0 Å². The van der Waals surface area contributed by atoms with Crippen molar-refractivity contribution in [3.63, 3.8) is 0 Å². The molecule has 0 fully saturated rings. The van der Waals surface area contributed by atoms with Crippen LogP contribution in [-0.2, 0) is 5.41 Å². The van der Waals surface area contributed by atoms with E-state index in [0.717, 1.165) is 22.7 Å². The van der Waals surface area contributed by atoms with Gasteiger partial charge in [-0.3, -0.25) is 0 Å². The van der Waals surface area contributed by atoms with E-state index in [-0.39, 0.29) is 5.41 Å². The van der Waals surface area contributed by atoms with Crippen molar-refractivity contribution in [1.82, 2.24) is 4.57 Å². The molecule has 0 bridgehead atoms. The summed E-state index contributed by atoms with van der Waals surface area (Å²) in [7, 11) is 0. The minimum Gasteiger partial charge on any atom is -0.311 e. The summed E-state index contributed by atoms with van der Waals surface area (Å²) in [4.78, 5) is 2.42. The van der Waals surface area contributed by atoms with E-state index in [0.29, 0.717) is 0 Å². The van der Waals surface area contributed by atoms with Gasteiger partial charge >= 0.3 is 0 Å². The van der Waals surface area contributed by atoms with Crippen LogP contribution in [0, 0.1) is 13.8 Å². The summed E-state index contributed by atoms with van der Waals surface area (Å²) in [5.74, 6) is 0. The zero-order chi connectivity index (χ0) is 60.8. The number of rotatable bonds is 30. The van der Waals surface area contributed by atoms with Crippen LogP contribution in [0.5, 0.6) is 0 Å². The molecule has 1 aliphatic carbocycles. The van der Waals surface area contributed by atoms with Crippen molar-refractivity contribution in [2.24, 2.45) is 0 Å². The van der Waals surface area contributed by atoms with Gasteiger partial charge in [-0.15, -0.1) is 0 Å². The maximum Gasteiger partial charge on any atom is 0.0547 e. The van der Waals surface area contributed by atoms with Crippen molar-refractivity contribution in [1.29, 1.82) is 0 Å². The first-order valence-electron chi connectivity index (χ1n) is 34.5. The Hall–Kier alpha value is -8.20. The van der Waals surface area contributed by atoms with Crippen LogP contribution >= 0.6 is 0 Å². The third-order valence-corrected chi connectivity index (χ3v) is 19.7. The maximum absolute atomic E-state index is 2.63. The molecule has 0 saturated heterocycles. The number of unbranched alkanes of at least 4 members (excludes halogenated alkanes) is 18.